The summed E-state index contributed by atoms with van der Waals surface area (Å²) in [5.41, 5.74) is 0. The minimum Gasteiger partial charge on any atom is -0.756 e. The first-order chi connectivity index (χ1) is 31.5. The molecular weight excluding hydrogens is 828 g/mol. The molecule has 0 aliphatic heterocycles. The third-order valence-corrected chi connectivity index (χ3v) is 13.6. The fraction of sp³-hybridized carbons (Fsp3) is 0.875. The molecule has 0 fully saturated rings. The third-order valence-electron chi connectivity index (χ3n) is 12.6. The van der Waals surface area contributed by atoms with Gasteiger partial charge in [0.25, 0.3) is 7.82 Å². The molecule has 8 nitrogen and oxygen atoms in total. The van der Waals surface area contributed by atoms with Gasteiger partial charge in [-0.05, 0) is 51.4 Å². The molecule has 0 heterocycles. The third kappa shape index (κ3) is 50.4. The summed E-state index contributed by atoms with van der Waals surface area (Å²) in [6.07, 6.45) is 60.8. The Hall–Kier alpha value is -1.28. The van der Waals surface area contributed by atoms with E-state index >= 15 is 0 Å². The van der Waals surface area contributed by atoms with Crippen LogP contribution in [0.25, 0.3) is 0 Å². The first-order valence-electron chi connectivity index (χ1n) is 27.9. The summed E-state index contributed by atoms with van der Waals surface area (Å²) in [5, 5.41) is 13.8. The lowest BCUT2D eigenvalue weighted by molar-refractivity contribution is -0.870. The average molecular weight is 937 g/mol. The van der Waals surface area contributed by atoms with Crippen molar-refractivity contribution in [1.29, 1.82) is 0 Å². The van der Waals surface area contributed by atoms with Crippen LogP contribution in [0.15, 0.2) is 36.5 Å². The van der Waals surface area contributed by atoms with Crippen molar-refractivity contribution < 1.29 is 32.9 Å². The van der Waals surface area contributed by atoms with E-state index in [1.807, 2.05) is 27.2 Å². The summed E-state index contributed by atoms with van der Waals surface area (Å²) in [4.78, 5) is 25.4. The largest absolute Gasteiger partial charge is 0.756 e. The van der Waals surface area contributed by atoms with Gasteiger partial charge >= 0.3 is 0 Å². The molecule has 9 heteroatoms. The van der Waals surface area contributed by atoms with Crippen molar-refractivity contribution in [2.75, 3.05) is 40.9 Å². The van der Waals surface area contributed by atoms with Crippen molar-refractivity contribution in [3.05, 3.63) is 36.5 Å². The van der Waals surface area contributed by atoms with E-state index in [4.69, 9.17) is 9.05 Å². The molecule has 1 amide bonds. The van der Waals surface area contributed by atoms with Gasteiger partial charge in [-0.3, -0.25) is 9.36 Å². The number of hydrogen-bond acceptors (Lipinski definition) is 6. The van der Waals surface area contributed by atoms with Gasteiger partial charge in [0.2, 0.25) is 5.91 Å². The molecule has 0 spiro atoms. The molecule has 0 aromatic heterocycles. The van der Waals surface area contributed by atoms with Gasteiger partial charge in [0.1, 0.15) is 13.2 Å². The van der Waals surface area contributed by atoms with Gasteiger partial charge in [-0.15, -0.1) is 0 Å². The van der Waals surface area contributed by atoms with Gasteiger partial charge in [-0.1, -0.05) is 243 Å². The normalized spacial score (nSPS) is 14.3. The molecule has 0 aliphatic carbocycles. The number of phosphoric acid groups is 1. The van der Waals surface area contributed by atoms with Crippen molar-refractivity contribution in [2.45, 2.75) is 276 Å². The van der Waals surface area contributed by atoms with Crippen molar-refractivity contribution in [3.8, 4) is 0 Å². The molecule has 0 radical (unpaired) electrons. The second-order valence-electron chi connectivity index (χ2n) is 20.3. The number of nitrogens with one attached hydrogen (secondary N) is 1. The number of quaternary nitrogens is 1. The minimum absolute atomic E-state index is 0.000277. The summed E-state index contributed by atoms with van der Waals surface area (Å²) >= 11 is 0. The van der Waals surface area contributed by atoms with Crippen LogP contribution < -0.4 is 10.2 Å². The van der Waals surface area contributed by atoms with Crippen LogP contribution in [0.2, 0.25) is 0 Å². The molecule has 0 aliphatic rings. The van der Waals surface area contributed by atoms with Crippen molar-refractivity contribution in [3.63, 3.8) is 0 Å². The maximum absolute atomic E-state index is 12.9. The number of aliphatic hydroxyl groups excluding tert-OH is 1. The highest BCUT2D eigenvalue weighted by Crippen LogP contribution is 2.38. The number of carbonyl (C=O) groups is 1. The smallest absolute Gasteiger partial charge is 0.268 e. The van der Waals surface area contributed by atoms with Crippen molar-refractivity contribution >= 4 is 13.7 Å². The van der Waals surface area contributed by atoms with E-state index in [0.29, 0.717) is 17.4 Å². The Morgan fingerprint density at radius 3 is 1.28 bits per heavy atom. The van der Waals surface area contributed by atoms with E-state index in [-0.39, 0.29) is 19.1 Å². The molecule has 65 heavy (non-hydrogen) atoms. The van der Waals surface area contributed by atoms with Gasteiger partial charge in [-0.25, -0.2) is 0 Å². The highest BCUT2D eigenvalue weighted by Gasteiger charge is 2.23. The number of rotatable bonds is 51. The first-order valence-corrected chi connectivity index (χ1v) is 29.3. The van der Waals surface area contributed by atoms with Gasteiger partial charge < -0.3 is 28.8 Å². The van der Waals surface area contributed by atoms with E-state index in [9.17, 15) is 19.4 Å². The number of phosphoric ester groups is 1. The molecule has 0 saturated heterocycles. The van der Waals surface area contributed by atoms with Crippen molar-refractivity contribution in [2.24, 2.45) is 0 Å². The van der Waals surface area contributed by atoms with E-state index in [2.05, 4.69) is 43.5 Å². The second kappa shape index (κ2) is 47.8. The zero-order chi connectivity index (χ0) is 47.8. The van der Waals surface area contributed by atoms with Gasteiger partial charge in [0.15, 0.2) is 0 Å². The molecule has 3 atom stereocenters. The van der Waals surface area contributed by atoms with E-state index in [1.54, 1.807) is 6.08 Å². The number of carbonyl (C=O) groups excluding carboxylic acids is 1. The molecule has 0 bridgehead atoms. The molecule has 0 aromatic rings. The molecule has 0 saturated carbocycles. The Morgan fingerprint density at radius 2 is 0.892 bits per heavy atom. The van der Waals surface area contributed by atoms with Crippen LogP contribution in [0.1, 0.15) is 264 Å². The Balaban J connectivity index is 4.04. The molecule has 0 aromatic carbocycles. The number of likely N-dealkylation sites (N-methyl/N-ethyl adjacent to an activating group) is 1. The predicted octanol–water partition coefficient (Wildman–Crippen LogP) is 16.0. The average Bonchev–Trinajstić information content (AvgIpc) is 3.26. The fourth-order valence-corrected chi connectivity index (χ4v) is 8.91. The molecule has 0 rings (SSSR count). The monoisotopic (exact) mass is 937 g/mol. The maximum atomic E-state index is 12.9. The van der Waals surface area contributed by atoms with Crippen LogP contribution in [0.5, 0.6) is 0 Å². The zero-order valence-corrected chi connectivity index (χ0v) is 44.6. The standard InChI is InChI=1S/C56H109N2O6P/c1-6-8-10-12-14-16-18-20-21-22-23-24-25-26-27-28-29-30-31-32-33-34-35-36-37-38-40-42-44-46-48-50-56(60)57-54(53-64-65(61,62)63-52-51-58(3,4)5)55(59)49-47-45-43-41-39-19-17-15-13-11-9-7-2/h23-24,26-27,47,49,54-55,59H,6-22,25,28-46,48,50-53H2,1-5H3,(H-,57,60,61,62)/b24-23-,27-26-,49-47+. The predicted molar refractivity (Wildman–Crippen MR) is 279 cm³/mol. The quantitative estimate of drug-likeness (QED) is 0.0272. The van der Waals surface area contributed by atoms with Crippen LogP contribution in [0.3, 0.4) is 0 Å². The molecule has 2 N–H and O–H groups in total. The highest BCUT2D eigenvalue weighted by molar-refractivity contribution is 7.45. The van der Waals surface area contributed by atoms with Crippen LogP contribution in [0.4, 0.5) is 0 Å². The number of hydrogen-bond donors (Lipinski definition) is 2. The lowest BCUT2D eigenvalue weighted by Gasteiger charge is -2.29. The van der Waals surface area contributed by atoms with Gasteiger partial charge in [0, 0.05) is 6.42 Å². The molecule has 3 unspecified atom stereocenters. The summed E-state index contributed by atoms with van der Waals surface area (Å²) in [7, 11) is 1.27. The topological polar surface area (TPSA) is 108 Å². The van der Waals surface area contributed by atoms with Crippen LogP contribution in [-0.4, -0.2) is 68.5 Å². The van der Waals surface area contributed by atoms with E-state index in [0.717, 1.165) is 44.9 Å². The Kier molecular flexibility index (Phi) is 46.8. The van der Waals surface area contributed by atoms with E-state index < -0.39 is 20.0 Å². The SMILES string of the molecule is CCCCCCCCCCC/C=C\C/C=C\CCCCCCCCCCCCCCCCCC(=O)NC(COP(=O)([O-])OCC[N+](C)(C)C)C(O)/C=C/CCCCCCCCCCCC. The van der Waals surface area contributed by atoms with Crippen LogP contribution in [-0.2, 0) is 18.4 Å². The number of amides is 1. The Bertz CT molecular complexity index is 1150. The number of nitrogens with zero attached hydrogens (tertiary/aromatic N) is 1. The summed E-state index contributed by atoms with van der Waals surface area (Å²) in [5.74, 6) is -0.196. The first kappa shape index (κ1) is 63.7. The highest BCUT2D eigenvalue weighted by atomic mass is 31.2. The lowest BCUT2D eigenvalue weighted by atomic mass is 10.0. The number of unbranched alkanes of at least 4 members (excludes halogenated alkanes) is 34. The van der Waals surface area contributed by atoms with Gasteiger partial charge in [0.05, 0.1) is 39.9 Å². The van der Waals surface area contributed by atoms with Crippen LogP contribution >= 0.6 is 7.82 Å². The minimum atomic E-state index is -4.59. The Morgan fingerprint density at radius 1 is 0.538 bits per heavy atom. The molecule has 384 valence electrons. The summed E-state index contributed by atoms with van der Waals surface area (Å²) in [6, 6.07) is -0.884. The summed E-state index contributed by atoms with van der Waals surface area (Å²) < 4.78 is 23.3. The Labute approximate surface area is 404 Å². The maximum Gasteiger partial charge on any atom is 0.268 e. The summed E-state index contributed by atoms with van der Waals surface area (Å²) in [6.45, 7) is 4.65. The zero-order valence-electron chi connectivity index (χ0n) is 43.7. The molecular formula is C56H109N2O6P. The van der Waals surface area contributed by atoms with Crippen LogP contribution in [0, 0.1) is 0 Å². The fourth-order valence-electron chi connectivity index (χ4n) is 8.18. The van der Waals surface area contributed by atoms with Crippen molar-refractivity contribution in [1.82, 2.24) is 5.32 Å². The lowest BCUT2D eigenvalue weighted by Crippen LogP contribution is -2.45. The number of aliphatic hydroxyl groups is 1. The number of allylic oxidation sites excluding steroid dienone is 5. The second-order valence-corrected chi connectivity index (χ2v) is 21.7. The van der Waals surface area contributed by atoms with Gasteiger partial charge in [-0.2, -0.15) is 0 Å². The van der Waals surface area contributed by atoms with E-state index in [1.165, 1.54) is 199 Å².